The fraction of sp³-hybridized carbons (Fsp3) is 0.357. The molecule has 0 spiro atoms. The van der Waals surface area contributed by atoms with Crippen molar-refractivity contribution in [3.63, 3.8) is 0 Å². The smallest absolute Gasteiger partial charge is 0.238 e. The van der Waals surface area contributed by atoms with Crippen LogP contribution >= 0.6 is 0 Å². The first kappa shape index (κ1) is 13.5. The van der Waals surface area contributed by atoms with Crippen LogP contribution in [-0.2, 0) is 4.79 Å². The van der Waals surface area contributed by atoms with Gasteiger partial charge < -0.3 is 10.6 Å². The molecule has 0 saturated heterocycles. The summed E-state index contributed by atoms with van der Waals surface area (Å²) in [5.74, 6) is -0.0217. The second-order valence-electron chi connectivity index (χ2n) is 4.22. The Labute approximate surface area is 103 Å². The van der Waals surface area contributed by atoms with E-state index in [-0.39, 0.29) is 11.9 Å². The third kappa shape index (κ3) is 5.31. The third-order valence-corrected chi connectivity index (χ3v) is 2.43. The fourth-order valence-corrected chi connectivity index (χ4v) is 1.53. The van der Waals surface area contributed by atoms with Gasteiger partial charge in [0.15, 0.2) is 0 Å². The Morgan fingerprint density at radius 2 is 2.29 bits per heavy atom. The van der Waals surface area contributed by atoms with Gasteiger partial charge >= 0.3 is 0 Å². The van der Waals surface area contributed by atoms with Crippen LogP contribution in [0.2, 0.25) is 0 Å². The number of amides is 1. The average molecular weight is 232 g/mol. The molecule has 0 saturated carbocycles. The van der Waals surface area contributed by atoms with E-state index in [1.807, 2.05) is 44.2 Å². The van der Waals surface area contributed by atoms with Crippen molar-refractivity contribution in [2.24, 2.45) is 0 Å². The van der Waals surface area contributed by atoms with E-state index in [0.717, 1.165) is 17.7 Å². The van der Waals surface area contributed by atoms with Gasteiger partial charge in [-0.05, 0) is 38.0 Å². The summed E-state index contributed by atoms with van der Waals surface area (Å²) in [4.78, 5) is 11.6. The molecule has 1 atom stereocenters. The summed E-state index contributed by atoms with van der Waals surface area (Å²) in [7, 11) is 0. The molecule has 0 aromatic heterocycles. The predicted octanol–water partition coefficient (Wildman–Crippen LogP) is 2.49. The first-order valence-corrected chi connectivity index (χ1v) is 5.82. The lowest BCUT2D eigenvalue weighted by Crippen LogP contribution is -2.34. The highest BCUT2D eigenvalue weighted by atomic mass is 16.1. The minimum absolute atomic E-state index is 0.0217. The molecule has 17 heavy (non-hydrogen) atoms. The van der Waals surface area contributed by atoms with Crippen molar-refractivity contribution in [2.75, 3.05) is 11.9 Å². The van der Waals surface area contributed by atoms with E-state index in [1.54, 1.807) is 0 Å². The highest BCUT2D eigenvalue weighted by Crippen LogP contribution is 2.08. The minimum Gasteiger partial charge on any atom is -0.325 e. The van der Waals surface area contributed by atoms with Gasteiger partial charge in [-0.3, -0.25) is 4.79 Å². The Morgan fingerprint density at radius 1 is 1.53 bits per heavy atom. The van der Waals surface area contributed by atoms with Gasteiger partial charge in [-0.1, -0.05) is 18.2 Å². The maximum absolute atomic E-state index is 11.6. The number of carbonyl (C=O) groups is 1. The topological polar surface area (TPSA) is 41.1 Å². The van der Waals surface area contributed by atoms with Crippen molar-refractivity contribution >= 4 is 11.6 Å². The summed E-state index contributed by atoms with van der Waals surface area (Å²) in [5, 5.41) is 5.99. The van der Waals surface area contributed by atoms with Crippen LogP contribution in [-0.4, -0.2) is 18.5 Å². The lowest BCUT2D eigenvalue weighted by atomic mass is 10.2. The largest absolute Gasteiger partial charge is 0.325 e. The minimum atomic E-state index is -0.0217. The number of benzene rings is 1. The van der Waals surface area contributed by atoms with Crippen molar-refractivity contribution in [1.29, 1.82) is 0 Å². The van der Waals surface area contributed by atoms with Crippen LogP contribution in [0.25, 0.3) is 0 Å². The van der Waals surface area contributed by atoms with Gasteiger partial charge in [0, 0.05) is 11.7 Å². The Kier molecular flexibility index (Phi) is 5.43. The number of hydrogen-bond donors (Lipinski definition) is 2. The number of rotatable bonds is 6. The Bertz CT molecular complexity index is 388. The molecule has 2 N–H and O–H groups in total. The highest BCUT2D eigenvalue weighted by Gasteiger charge is 2.04. The Balaban J connectivity index is 2.37. The quantitative estimate of drug-likeness (QED) is 0.740. The molecule has 0 bridgehead atoms. The molecule has 1 unspecified atom stereocenters. The van der Waals surface area contributed by atoms with E-state index in [1.165, 1.54) is 0 Å². The van der Waals surface area contributed by atoms with Gasteiger partial charge in [0.05, 0.1) is 6.54 Å². The number of nitrogens with one attached hydrogen (secondary N) is 2. The second-order valence-corrected chi connectivity index (χ2v) is 4.22. The van der Waals surface area contributed by atoms with E-state index in [4.69, 9.17) is 0 Å². The lowest BCUT2D eigenvalue weighted by molar-refractivity contribution is -0.115. The second kappa shape index (κ2) is 6.86. The number of anilines is 1. The van der Waals surface area contributed by atoms with Crippen LogP contribution in [0, 0.1) is 6.92 Å². The molecule has 0 aliphatic carbocycles. The van der Waals surface area contributed by atoms with Crippen molar-refractivity contribution in [1.82, 2.24) is 5.32 Å². The normalized spacial score (nSPS) is 11.9. The van der Waals surface area contributed by atoms with Gasteiger partial charge in [0.1, 0.15) is 0 Å². The fourth-order valence-electron chi connectivity index (χ4n) is 1.53. The van der Waals surface area contributed by atoms with Gasteiger partial charge in [0.25, 0.3) is 0 Å². The summed E-state index contributed by atoms with van der Waals surface area (Å²) in [6.07, 6.45) is 2.70. The monoisotopic (exact) mass is 232 g/mol. The molecule has 0 heterocycles. The molecule has 0 aliphatic rings. The predicted molar refractivity (Wildman–Crippen MR) is 72.1 cm³/mol. The molecule has 0 aliphatic heterocycles. The number of aryl methyl sites for hydroxylation is 1. The van der Waals surface area contributed by atoms with Gasteiger partial charge in [-0.2, -0.15) is 0 Å². The van der Waals surface area contributed by atoms with E-state index in [9.17, 15) is 4.79 Å². The Hall–Kier alpha value is -1.61. The molecule has 0 fully saturated rings. The van der Waals surface area contributed by atoms with Crippen molar-refractivity contribution in [3.8, 4) is 0 Å². The average Bonchev–Trinajstić information content (AvgIpc) is 2.27. The molecule has 1 aromatic carbocycles. The maximum atomic E-state index is 11.6. The van der Waals surface area contributed by atoms with Crippen LogP contribution < -0.4 is 10.6 Å². The van der Waals surface area contributed by atoms with Crippen molar-refractivity contribution in [3.05, 3.63) is 42.5 Å². The van der Waals surface area contributed by atoms with E-state index in [0.29, 0.717) is 6.54 Å². The SMILES string of the molecule is C=CCC(C)NCC(=O)Nc1cccc(C)c1. The van der Waals surface area contributed by atoms with Crippen LogP contribution in [0.3, 0.4) is 0 Å². The molecular formula is C14H20N2O. The van der Waals surface area contributed by atoms with E-state index >= 15 is 0 Å². The highest BCUT2D eigenvalue weighted by molar-refractivity contribution is 5.92. The van der Waals surface area contributed by atoms with Crippen LogP contribution in [0.15, 0.2) is 36.9 Å². The molecule has 3 heteroatoms. The van der Waals surface area contributed by atoms with Gasteiger partial charge in [-0.25, -0.2) is 0 Å². The maximum Gasteiger partial charge on any atom is 0.238 e. The molecular weight excluding hydrogens is 212 g/mol. The zero-order valence-electron chi connectivity index (χ0n) is 10.5. The third-order valence-electron chi connectivity index (χ3n) is 2.43. The molecule has 3 nitrogen and oxygen atoms in total. The zero-order valence-corrected chi connectivity index (χ0v) is 10.5. The van der Waals surface area contributed by atoms with Crippen LogP contribution in [0.5, 0.6) is 0 Å². The zero-order chi connectivity index (χ0) is 12.7. The van der Waals surface area contributed by atoms with Gasteiger partial charge in [0.2, 0.25) is 5.91 Å². The standard InChI is InChI=1S/C14H20N2O/c1-4-6-12(3)15-10-14(17)16-13-8-5-7-11(2)9-13/h4-5,7-9,12,15H,1,6,10H2,2-3H3,(H,16,17). The molecule has 1 aromatic rings. The lowest BCUT2D eigenvalue weighted by Gasteiger charge is -2.11. The van der Waals surface area contributed by atoms with Crippen molar-refractivity contribution in [2.45, 2.75) is 26.3 Å². The Morgan fingerprint density at radius 3 is 2.94 bits per heavy atom. The summed E-state index contributed by atoms with van der Waals surface area (Å²) >= 11 is 0. The summed E-state index contributed by atoms with van der Waals surface area (Å²) in [5.41, 5.74) is 1.98. The first-order valence-electron chi connectivity index (χ1n) is 5.82. The first-order chi connectivity index (χ1) is 8.11. The molecule has 0 radical (unpaired) electrons. The van der Waals surface area contributed by atoms with Gasteiger partial charge in [-0.15, -0.1) is 6.58 Å². The summed E-state index contributed by atoms with van der Waals surface area (Å²) in [6, 6.07) is 8.04. The molecule has 1 rings (SSSR count). The number of carbonyl (C=O) groups excluding carboxylic acids is 1. The van der Waals surface area contributed by atoms with E-state index in [2.05, 4.69) is 17.2 Å². The summed E-state index contributed by atoms with van der Waals surface area (Å²) in [6.45, 7) is 8.02. The molecule has 92 valence electrons. The summed E-state index contributed by atoms with van der Waals surface area (Å²) < 4.78 is 0. The van der Waals surface area contributed by atoms with E-state index < -0.39 is 0 Å². The molecule has 1 amide bonds. The van der Waals surface area contributed by atoms with Crippen molar-refractivity contribution < 1.29 is 4.79 Å². The van der Waals surface area contributed by atoms with Crippen LogP contribution in [0.4, 0.5) is 5.69 Å². The van der Waals surface area contributed by atoms with Crippen LogP contribution in [0.1, 0.15) is 18.9 Å². The number of hydrogen-bond acceptors (Lipinski definition) is 2.